The van der Waals surface area contributed by atoms with Gasteiger partial charge in [-0.25, -0.2) is 4.98 Å². The van der Waals surface area contributed by atoms with Crippen LogP contribution in [0.25, 0.3) is 5.69 Å². The van der Waals surface area contributed by atoms with Crippen LogP contribution in [-0.4, -0.2) is 15.7 Å². The minimum atomic E-state index is 0.101. The van der Waals surface area contributed by atoms with Gasteiger partial charge in [-0.2, -0.15) is 0 Å². The molecule has 0 unspecified atom stereocenters. The maximum Gasteiger partial charge on any atom is 0.144 e. The van der Waals surface area contributed by atoms with Crippen LogP contribution in [0.2, 0.25) is 0 Å². The van der Waals surface area contributed by atoms with Gasteiger partial charge in [-0.1, -0.05) is 6.07 Å². The average molecular weight is 469 g/mol. The first-order chi connectivity index (χ1) is 8.50. The summed E-state index contributed by atoms with van der Waals surface area (Å²) in [5, 5.41) is 0. The lowest BCUT2D eigenvalue weighted by molar-refractivity contribution is 0.244. The molecular weight excluding hydrogens is 456 g/mol. The molecule has 0 spiro atoms. The third-order valence-electron chi connectivity index (χ3n) is 2.33. The Hall–Kier alpha value is -0.510. The summed E-state index contributed by atoms with van der Waals surface area (Å²) in [5.74, 6) is 0.710. The highest BCUT2D eigenvalue weighted by molar-refractivity contribution is 14.1. The van der Waals surface area contributed by atoms with Crippen LogP contribution in [0.5, 0.6) is 5.75 Å². The number of para-hydroxylation sites is 1. The lowest BCUT2D eigenvalue weighted by atomic mass is 10.2. The van der Waals surface area contributed by atoms with Gasteiger partial charge in [0.25, 0.3) is 0 Å². The SMILES string of the molecule is CC(C)Oc1cccc(-n2cnc(I)c2I)c1N. The molecule has 0 atom stereocenters. The number of aromatic nitrogens is 2. The van der Waals surface area contributed by atoms with E-state index >= 15 is 0 Å². The summed E-state index contributed by atoms with van der Waals surface area (Å²) in [6.07, 6.45) is 1.87. The summed E-state index contributed by atoms with van der Waals surface area (Å²) in [5.41, 5.74) is 7.70. The van der Waals surface area contributed by atoms with Crippen molar-refractivity contribution in [2.75, 3.05) is 5.73 Å². The number of imidazole rings is 1. The Bertz CT molecular complexity index is 566. The zero-order valence-corrected chi connectivity index (χ0v) is 14.3. The van der Waals surface area contributed by atoms with Gasteiger partial charge in [0, 0.05) is 0 Å². The molecule has 6 heteroatoms. The van der Waals surface area contributed by atoms with Crippen molar-refractivity contribution in [3.05, 3.63) is 31.9 Å². The summed E-state index contributed by atoms with van der Waals surface area (Å²) in [7, 11) is 0. The largest absolute Gasteiger partial charge is 0.489 e. The van der Waals surface area contributed by atoms with Gasteiger partial charge in [0.15, 0.2) is 0 Å². The Kier molecular flexibility index (Phi) is 4.36. The van der Waals surface area contributed by atoms with Gasteiger partial charge < -0.3 is 10.5 Å². The third kappa shape index (κ3) is 2.73. The maximum atomic E-state index is 6.16. The van der Waals surface area contributed by atoms with Crippen LogP contribution >= 0.6 is 45.2 Å². The Morgan fingerprint density at radius 1 is 1.33 bits per heavy atom. The highest BCUT2D eigenvalue weighted by atomic mass is 127. The minimum Gasteiger partial charge on any atom is -0.489 e. The van der Waals surface area contributed by atoms with E-state index in [2.05, 4.69) is 50.2 Å². The smallest absolute Gasteiger partial charge is 0.144 e. The van der Waals surface area contributed by atoms with Gasteiger partial charge in [-0.05, 0) is 71.2 Å². The Balaban J connectivity index is 2.49. The molecule has 1 aromatic heterocycles. The quantitative estimate of drug-likeness (QED) is 0.554. The molecule has 96 valence electrons. The van der Waals surface area contributed by atoms with Crippen LogP contribution in [0.3, 0.4) is 0 Å². The summed E-state index contributed by atoms with van der Waals surface area (Å²) in [4.78, 5) is 4.27. The van der Waals surface area contributed by atoms with Crippen molar-refractivity contribution < 1.29 is 4.74 Å². The fourth-order valence-electron chi connectivity index (χ4n) is 1.58. The molecule has 0 bridgehead atoms. The van der Waals surface area contributed by atoms with Gasteiger partial charge in [0.05, 0.1) is 17.5 Å². The van der Waals surface area contributed by atoms with Crippen LogP contribution in [0.1, 0.15) is 13.8 Å². The number of nitrogens with zero attached hydrogens (tertiary/aromatic N) is 2. The van der Waals surface area contributed by atoms with Crippen LogP contribution in [0, 0.1) is 7.40 Å². The van der Waals surface area contributed by atoms with Crippen molar-refractivity contribution in [1.29, 1.82) is 0 Å². The Labute approximate surface area is 133 Å². The second-order valence-corrected chi connectivity index (χ2v) is 6.10. The van der Waals surface area contributed by atoms with Crippen molar-refractivity contribution in [3.63, 3.8) is 0 Å². The molecule has 0 saturated carbocycles. The molecule has 2 rings (SSSR count). The molecule has 0 fully saturated rings. The van der Waals surface area contributed by atoms with E-state index in [0.717, 1.165) is 13.1 Å². The van der Waals surface area contributed by atoms with Crippen molar-refractivity contribution in [2.24, 2.45) is 0 Å². The molecule has 0 saturated heterocycles. The summed E-state index contributed by atoms with van der Waals surface area (Å²) in [6, 6.07) is 5.78. The first-order valence-electron chi connectivity index (χ1n) is 5.44. The Morgan fingerprint density at radius 3 is 2.61 bits per heavy atom. The van der Waals surface area contributed by atoms with E-state index in [1.54, 1.807) is 6.33 Å². The monoisotopic (exact) mass is 469 g/mol. The number of nitrogens with two attached hydrogens (primary N) is 1. The van der Waals surface area contributed by atoms with Crippen molar-refractivity contribution in [3.8, 4) is 11.4 Å². The number of ether oxygens (including phenoxy) is 1. The lowest BCUT2D eigenvalue weighted by Crippen LogP contribution is -2.09. The highest BCUT2D eigenvalue weighted by Crippen LogP contribution is 2.30. The van der Waals surface area contributed by atoms with Crippen LogP contribution in [-0.2, 0) is 0 Å². The molecule has 0 aliphatic carbocycles. The van der Waals surface area contributed by atoms with E-state index in [9.17, 15) is 0 Å². The molecule has 4 nitrogen and oxygen atoms in total. The van der Waals surface area contributed by atoms with E-state index in [-0.39, 0.29) is 6.10 Å². The molecular formula is C12H13I2N3O. The molecule has 2 N–H and O–H groups in total. The van der Waals surface area contributed by atoms with Gasteiger partial charge in [-0.3, -0.25) is 4.57 Å². The molecule has 0 amide bonds. The number of nitrogen functional groups attached to an aromatic ring is 1. The molecule has 18 heavy (non-hydrogen) atoms. The standard InChI is InChI=1S/C12H13I2N3O/c1-7(2)18-9-5-3-4-8(10(9)15)17-6-16-11(13)12(17)14/h3-7H,15H2,1-2H3. The summed E-state index contributed by atoms with van der Waals surface area (Å²) in [6.45, 7) is 3.96. The predicted octanol–water partition coefficient (Wildman–Crippen LogP) is 3.45. The lowest BCUT2D eigenvalue weighted by Gasteiger charge is -2.15. The average Bonchev–Trinajstić information content (AvgIpc) is 2.63. The number of hydrogen-bond acceptors (Lipinski definition) is 3. The van der Waals surface area contributed by atoms with Gasteiger partial charge in [-0.15, -0.1) is 0 Å². The highest BCUT2D eigenvalue weighted by Gasteiger charge is 2.13. The van der Waals surface area contributed by atoms with Crippen LogP contribution in [0.15, 0.2) is 24.5 Å². The summed E-state index contributed by atoms with van der Waals surface area (Å²) >= 11 is 4.45. The molecule has 1 aromatic carbocycles. The fourth-order valence-corrected chi connectivity index (χ4v) is 2.49. The van der Waals surface area contributed by atoms with Crippen molar-refractivity contribution in [2.45, 2.75) is 20.0 Å². The molecule has 1 heterocycles. The normalized spacial score (nSPS) is 10.9. The number of hydrogen-bond donors (Lipinski definition) is 1. The molecule has 0 aliphatic heterocycles. The third-order valence-corrected chi connectivity index (χ3v) is 5.19. The zero-order valence-electron chi connectivity index (χ0n) is 10.0. The fraction of sp³-hybridized carbons (Fsp3) is 0.250. The first-order valence-corrected chi connectivity index (χ1v) is 7.60. The zero-order chi connectivity index (χ0) is 13.3. The number of anilines is 1. The van der Waals surface area contributed by atoms with E-state index in [0.29, 0.717) is 11.4 Å². The van der Waals surface area contributed by atoms with E-state index in [1.807, 2.05) is 36.6 Å². The second kappa shape index (κ2) is 5.64. The van der Waals surface area contributed by atoms with Gasteiger partial charge in [0.2, 0.25) is 0 Å². The van der Waals surface area contributed by atoms with Crippen molar-refractivity contribution >= 4 is 50.9 Å². The molecule has 2 aromatic rings. The first kappa shape index (κ1) is 13.9. The molecule has 0 aliphatic rings. The summed E-state index contributed by atoms with van der Waals surface area (Å²) < 4.78 is 9.66. The number of benzene rings is 1. The van der Waals surface area contributed by atoms with Gasteiger partial charge >= 0.3 is 0 Å². The van der Waals surface area contributed by atoms with Crippen molar-refractivity contribution in [1.82, 2.24) is 9.55 Å². The second-order valence-electron chi connectivity index (χ2n) is 4.05. The van der Waals surface area contributed by atoms with E-state index in [4.69, 9.17) is 10.5 Å². The van der Waals surface area contributed by atoms with Gasteiger partial charge in [0.1, 0.15) is 19.5 Å². The predicted molar refractivity (Wildman–Crippen MR) is 89.2 cm³/mol. The maximum absolute atomic E-state index is 6.16. The number of halogens is 2. The van der Waals surface area contributed by atoms with Crippen LogP contribution in [0.4, 0.5) is 5.69 Å². The topological polar surface area (TPSA) is 53.1 Å². The van der Waals surface area contributed by atoms with Crippen LogP contribution < -0.4 is 10.5 Å². The molecule has 0 radical (unpaired) electrons. The number of rotatable bonds is 3. The van der Waals surface area contributed by atoms with E-state index in [1.165, 1.54) is 0 Å². The van der Waals surface area contributed by atoms with E-state index < -0.39 is 0 Å². The Morgan fingerprint density at radius 2 is 2.06 bits per heavy atom. The minimum absolute atomic E-state index is 0.101.